The van der Waals surface area contributed by atoms with Crippen LogP contribution in [0.2, 0.25) is 0 Å². The van der Waals surface area contributed by atoms with Gasteiger partial charge in [0, 0.05) is 19.9 Å². The van der Waals surface area contributed by atoms with Gasteiger partial charge in [0.2, 0.25) is 0 Å². The second-order valence-electron chi connectivity index (χ2n) is 6.80. The van der Waals surface area contributed by atoms with Crippen molar-refractivity contribution in [3.05, 3.63) is 35.8 Å². The Morgan fingerprint density at radius 3 is 3.15 bits per heavy atom. The standard InChI is InChI=1S/C18H23N5O3/c1-25-14-8-13(10-22-5-4-17(19)21-22)23(11-14)18(24)15-7-12-3-2-6-26-16(12)9-20-15/h4-5,7,9,13-14H,2-3,6,8,10-11H2,1H3,(H2,19,21)/t13-,14+/m0/s1. The summed E-state index contributed by atoms with van der Waals surface area (Å²) in [6.07, 6.45) is 6.13. The van der Waals surface area contributed by atoms with Crippen molar-refractivity contribution in [2.75, 3.05) is 26.0 Å². The van der Waals surface area contributed by atoms with Crippen molar-refractivity contribution < 1.29 is 14.3 Å². The van der Waals surface area contributed by atoms with E-state index >= 15 is 0 Å². The Kier molecular flexibility index (Phi) is 4.50. The van der Waals surface area contributed by atoms with Gasteiger partial charge in [0.05, 0.1) is 31.5 Å². The Morgan fingerprint density at radius 1 is 1.50 bits per heavy atom. The summed E-state index contributed by atoms with van der Waals surface area (Å²) in [4.78, 5) is 19.3. The Bertz CT molecular complexity index is 806. The van der Waals surface area contributed by atoms with E-state index in [0.717, 1.165) is 30.6 Å². The molecule has 2 N–H and O–H groups in total. The number of rotatable bonds is 4. The van der Waals surface area contributed by atoms with Gasteiger partial charge in [0.15, 0.2) is 0 Å². The molecule has 2 aromatic rings. The average Bonchev–Trinajstić information content (AvgIpc) is 3.27. The average molecular weight is 357 g/mol. The van der Waals surface area contributed by atoms with Gasteiger partial charge < -0.3 is 20.1 Å². The molecule has 0 saturated carbocycles. The van der Waals surface area contributed by atoms with E-state index in [0.29, 0.717) is 31.2 Å². The van der Waals surface area contributed by atoms with Crippen LogP contribution in [-0.4, -0.2) is 58.0 Å². The maximum atomic E-state index is 13.1. The third-order valence-electron chi connectivity index (χ3n) is 5.04. The maximum absolute atomic E-state index is 13.1. The summed E-state index contributed by atoms with van der Waals surface area (Å²) in [5.74, 6) is 1.18. The Hall–Kier alpha value is -2.61. The first-order valence-corrected chi connectivity index (χ1v) is 8.88. The summed E-state index contributed by atoms with van der Waals surface area (Å²) >= 11 is 0. The zero-order chi connectivity index (χ0) is 18.1. The van der Waals surface area contributed by atoms with Gasteiger partial charge in [0.1, 0.15) is 17.3 Å². The van der Waals surface area contributed by atoms with Crippen molar-refractivity contribution in [3.8, 4) is 5.75 Å². The number of amides is 1. The summed E-state index contributed by atoms with van der Waals surface area (Å²) in [5, 5.41) is 4.23. The summed E-state index contributed by atoms with van der Waals surface area (Å²) in [7, 11) is 1.68. The van der Waals surface area contributed by atoms with Gasteiger partial charge in [-0.1, -0.05) is 0 Å². The zero-order valence-electron chi connectivity index (χ0n) is 14.8. The van der Waals surface area contributed by atoms with Crippen molar-refractivity contribution in [2.24, 2.45) is 0 Å². The van der Waals surface area contributed by atoms with E-state index in [1.807, 2.05) is 17.2 Å². The smallest absolute Gasteiger partial charge is 0.272 e. The highest BCUT2D eigenvalue weighted by molar-refractivity contribution is 5.93. The van der Waals surface area contributed by atoms with E-state index in [-0.39, 0.29) is 18.1 Å². The molecule has 1 fully saturated rings. The molecule has 8 heteroatoms. The first kappa shape index (κ1) is 16.8. The number of anilines is 1. The number of nitrogens with zero attached hydrogens (tertiary/aromatic N) is 4. The number of ether oxygens (including phenoxy) is 2. The molecule has 4 heterocycles. The lowest BCUT2D eigenvalue weighted by atomic mass is 10.1. The van der Waals surface area contributed by atoms with Gasteiger partial charge in [-0.15, -0.1) is 0 Å². The number of pyridine rings is 1. The SMILES string of the molecule is CO[C@@H]1C[C@@H](Cn2ccc(N)n2)N(C(=O)c2cc3c(cn2)OCCC3)C1. The van der Waals surface area contributed by atoms with Crippen molar-refractivity contribution >= 4 is 11.7 Å². The van der Waals surface area contributed by atoms with Gasteiger partial charge in [-0.05, 0) is 37.0 Å². The minimum Gasteiger partial charge on any atom is -0.492 e. The van der Waals surface area contributed by atoms with Crippen molar-refractivity contribution in [3.63, 3.8) is 0 Å². The predicted molar refractivity (Wildman–Crippen MR) is 94.9 cm³/mol. The van der Waals surface area contributed by atoms with Gasteiger partial charge in [0.25, 0.3) is 5.91 Å². The van der Waals surface area contributed by atoms with Crippen LogP contribution in [0.4, 0.5) is 5.82 Å². The lowest BCUT2D eigenvalue weighted by molar-refractivity contribution is 0.0673. The largest absolute Gasteiger partial charge is 0.492 e. The monoisotopic (exact) mass is 357 g/mol. The molecule has 2 aliphatic rings. The zero-order valence-corrected chi connectivity index (χ0v) is 14.8. The molecule has 2 atom stereocenters. The van der Waals surface area contributed by atoms with E-state index in [4.69, 9.17) is 15.2 Å². The van der Waals surface area contributed by atoms with Gasteiger partial charge in [-0.3, -0.25) is 9.48 Å². The molecule has 0 aliphatic carbocycles. The Labute approximate surface area is 151 Å². The normalized spacial score (nSPS) is 22.1. The van der Waals surface area contributed by atoms with E-state index in [9.17, 15) is 4.79 Å². The number of aryl methyl sites for hydroxylation is 1. The number of carbonyl (C=O) groups excluding carboxylic acids is 1. The first-order valence-electron chi connectivity index (χ1n) is 8.88. The molecule has 2 aliphatic heterocycles. The number of carbonyl (C=O) groups is 1. The van der Waals surface area contributed by atoms with Gasteiger partial charge in [-0.25, -0.2) is 4.98 Å². The molecule has 0 aromatic carbocycles. The molecule has 2 aromatic heterocycles. The summed E-state index contributed by atoms with van der Waals surface area (Å²) in [6.45, 7) is 1.83. The van der Waals surface area contributed by atoms with E-state index < -0.39 is 0 Å². The van der Waals surface area contributed by atoms with E-state index in [1.54, 1.807) is 24.1 Å². The minimum atomic E-state index is -0.0805. The summed E-state index contributed by atoms with van der Waals surface area (Å²) in [5.41, 5.74) is 7.20. The molecule has 0 spiro atoms. The van der Waals surface area contributed by atoms with E-state index in [2.05, 4.69) is 10.1 Å². The summed E-state index contributed by atoms with van der Waals surface area (Å²) in [6, 6.07) is 3.60. The third-order valence-corrected chi connectivity index (χ3v) is 5.04. The van der Waals surface area contributed by atoms with E-state index in [1.165, 1.54) is 0 Å². The van der Waals surface area contributed by atoms with Crippen LogP contribution in [0.5, 0.6) is 5.75 Å². The Balaban J connectivity index is 1.55. The van der Waals surface area contributed by atoms with Crippen molar-refractivity contribution in [1.82, 2.24) is 19.7 Å². The minimum absolute atomic E-state index is 0.0119. The molecule has 1 saturated heterocycles. The number of likely N-dealkylation sites (tertiary alicyclic amines) is 1. The highest BCUT2D eigenvalue weighted by atomic mass is 16.5. The number of fused-ring (bicyclic) bond motifs is 1. The van der Waals surface area contributed by atoms with Crippen LogP contribution in [-0.2, 0) is 17.7 Å². The van der Waals surface area contributed by atoms with Crippen LogP contribution in [0.3, 0.4) is 0 Å². The lowest BCUT2D eigenvalue weighted by Crippen LogP contribution is -2.39. The number of nitrogen functional groups attached to an aromatic ring is 1. The molecule has 1 amide bonds. The lowest BCUT2D eigenvalue weighted by Gasteiger charge is -2.25. The molecular weight excluding hydrogens is 334 g/mol. The molecule has 4 rings (SSSR count). The predicted octanol–water partition coefficient (Wildman–Crippen LogP) is 1.11. The first-order chi connectivity index (χ1) is 12.6. The number of nitrogens with two attached hydrogens (primary N) is 1. The summed E-state index contributed by atoms with van der Waals surface area (Å²) < 4.78 is 12.9. The molecular formula is C18H23N5O3. The Morgan fingerprint density at radius 2 is 2.38 bits per heavy atom. The fourth-order valence-electron chi connectivity index (χ4n) is 3.68. The molecule has 0 bridgehead atoms. The number of hydrogen-bond donors (Lipinski definition) is 1. The fourth-order valence-corrected chi connectivity index (χ4v) is 3.68. The number of hydrogen-bond acceptors (Lipinski definition) is 6. The quantitative estimate of drug-likeness (QED) is 0.881. The van der Waals surface area contributed by atoms with Crippen LogP contribution >= 0.6 is 0 Å². The number of methoxy groups -OCH3 is 1. The van der Waals surface area contributed by atoms with Gasteiger partial charge >= 0.3 is 0 Å². The van der Waals surface area contributed by atoms with Crippen LogP contribution in [0.1, 0.15) is 28.9 Å². The molecule has 0 unspecified atom stereocenters. The van der Waals surface area contributed by atoms with Crippen LogP contribution < -0.4 is 10.5 Å². The second-order valence-corrected chi connectivity index (χ2v) is 6.80. The number of aromatic nitrogens is 3. The highest BCUT2D eigenvalue weighted by Crippen LogP contribution is 2.27. The van der Waals surface area contributed by atoms with Gasteiger partial charge in [-0.2, -0.15) is 5.10 Å². The molecule has 26 heavy (non-hydrogen) atoms. The van der Waals surface area contributed by atoms with Crippen molar-refractivity contribution in [1.29, 1.82) is 0 Å². The third kappa shape index (κ3) is 3.24. The highest BCUT2D eigenvalue weighted by Gasteiger charge is 2.36. The van der Waals surface area contributed by atoms with Crippen molar-refractivity contribution in [2.45, 2.75) is 38.0 Å². The maximum Gasteiger partial charge on any atom is 0.272 e. The molecule has 0 radical (unpaired) electrons. The second kappa shape index (κ2) is 6.95. The fraction of sp³-hybridized carbons (Fsp3) is 0.500. The molecule has 8 nitrogen and oxygen atoms in total. The van der Waals surface area contributed by atoms with Crippen LogP contribution in [0.15, 0.2) is 24.5 Å². The van der Waals surface area contributed by atoms with Crippen LogP contribution in [0.25, 0.3) is 0 Å². The topological polar surface area (TPSA) is 95.5 Å². The molecule has 138 valence electrons. The van der Waals surface area contributed by atoms with Crippen LogP contribution in [0, 0.1) is 0 Å².